The minimum atomic E-state index is -0.516. The molecule has 0 atom stereocenters. The van der Waals surface area contributed by atoms with Gasteiger partial charge in [-0.25, -0.2) is 9.07 Å². The van der Waals surface area contributed by atoms with Crippen LogP contribution >= 0.6 is 0 Å². The maximum Gasteiger partial charge on any atom is 0.155 e. The SMILES string of the molecule is CCc1cc(CC)n(-c2cccc(F)c2C=O)n1. The summed E-state index contributed by atoms with van der Waals surface area (Å²) in [5, 5.41) is 4.41. The number of aldehydes is 1. The fourth-order valence-electron chi connectivity index (χ4n) is 1.94. The lowest BCUT2D eigenvalue weighted by molar-refractivity contribution is 0.111. The van der Waals surface area contributed by atoms with E-state index in [4.69, 9.17) is 0 Å². The van der Waals surface area contributed by atoms with E-state index in [2.05, 4.69) is 5.10 Å². The summed E-state index contributed by atoms with van der Waals surface area (Å²) in [5.41, 5.74) is 2.47. The number of hydrogen-bond acceptors (Lipinski definition) is 2. The van der Waals surface area contributed by atoms with Crippen molar-refractivity contribution in [2.24, 2.45) is 0 Å². The Labute approximate surface area is 105 Å². The molecule has 3 nitrogen and oxygen atoms in total. The van der Waals surface area contributed by atoms with Crippen molar-refractivity contribution in [3.63, 3.8) is 0 Å². The van der Waals surface area contributed by atoms with E-state index in [9.17, 15) is 9.18 Å². The highest BCUT2D eigenvalue weighted by atomic mass is 19.1. The van der Waals surface area contributed by atoms with E-state index in [1.165, 1.54) is 6.07 Å². The highest BCUT2D eigenvalue weighted by molar-refractivity contribution is 5.81. The van der Waals surface area contributed by atoms with Crippen molar-refractivity contribution in [1.82, 2.24) is 9.78 Å². The summed E-state index contributed by atoms with van der Waals surface area (Å²) in [5.74, 6) is -0.516. The molecule has 1 aromatic carbocycles. The largest absolute Gasteiger partial charge is 0.298 e. The number of carbonyl (C=O) groups is 1. The molecule has 1 heterocycles. The van der Waals surface area contributed by atoms with E-state index in [-0.39, 0.29) is 5.56 Å². The van der Waals surface area contributed by atoms with Gasteiger partial charge in [0.1, 0.15) is 5.82 Å². The fraction of sp³-hybridized carbons (Fsp3) is 0.286. The predicted molar refractivity (Wildman–Crippen MR) is 67.7 cm³/mol. The van der Waals surface area contributed by atoms with Gasteiger partial charge < -0.3 is 0 Å². The van der Waals surface area contributed by atoms with Gasteiger partial charge in [0.15, 0.2) is 6.29 Å². The molecule has 0 aliphatic carbocycles. The zero-order valence-electron chi connectivity index (χ0n) is 10.5. The number of nitrogens with zero attached hydrogens (tertiary/aromatic N) is 2. The lowest BCUT2D eigenvalue weighted by atomic mass is 10.1. The van der Waals surface area contributed by atoms with Crippen molar-refractivity contribution >= 4 is 6.29 Å². The fourth-order valence-corrected chi connectivity index (χ4v) is 1.94. The Morgan fingerprint density at radius 2 is 2.11 bits per heavy atom. The Morgan fingerprint density at radius 1 is 1.33 bits per heavy atom. The van der Waals surface area contributed by atoms with Crippen LogP contribution in [-0.2, 0) is 12.8 Å². The molecule has 0 bridgehead atoms. The minimum absolute atomic E-state index is 0.0537. The molecule has 0 saturated heterocycles. The van der Waals surface area contributed by atoms with Gasteiger partial charge in [-0.05, 0) is 31.0 Å². The van der Waals surface area contributed by atoms with Crippen LogP contribution in [-0.4, -0.2) is 16.1 Å². The van der Waals surface area contributed by atoms with Crippen molar-refractivity contribution in [3.05, 3.63) is 47.0 Å². The minimum Gasteiger partial charge on any atom is -0.298 e. The van der Waals surface area contributed by atoms with Crippen LogP contribution in [0.15, 0.2) is 24.3 Å². The summed E-state index contributed by atoms with van der Waals surface area (Å²) in [4.78, 5) is 11.0. The topological polar surface area (TPSA) is 34.9 Å². The van der Waals surface area contributed by atoms with Crippen LogP contribution in [0.25, 0.3) is 5.69 Å². The molecule has 18 heavy (non-hydrogen) atoms. The maximum atomic E-state index is 13.6. The molecule has 0 fully saturated rings. The van der Waals surface area contributed by atoms with E-state index in [1.54, 1.807) is 16.8 Å². The third-order valence-electron chi connectivity index (χ3n) is 2.93. The number of aromatic nitrogens is 2. The molecule has 0 radical (unpaired) electrons. The van der Waals surface area contributed by atoms with Gasteiger partial charge in [0.05, 0.1) is 16.9 Å². The van der Waals surface area contributed by atoms with Crippen molar-refractivity contribution < 1.29 is 9.18 Å². The van der Waals surface area contributed by atoms with E-state index in [0.717, 1.165) is 24.2 Å². The maximum absolute atomic E-state index is 13.6. The van der Waals surface area contributed by atoms with Gasteiger partial charge in [0, 0.05) is 5.69 Å². The molecule has 0 saturated carbocycles. The highest BCUT2D eigenvalue weighted by Gasteiger charge is 2.13. The Balaban J connectivity index is 2.64. The molecule has 0 aliphatic rings. The van der Waals surface area contributed by atoms with Crippen LogP contribution in [0.3, 0.4) is 0 Å². The van der Waals surface area contributed by atoms with Crippen LogP contribution in [0.4, 0.5) is 4.39 Å². The van der Waals surface area contributed by atoms with Crippen LogP contribution in [0.2, 0.25) is 0 Å². The second-order valence-corrected chi connectivity index (χ2v) is 4.04. The molecular formula is C14H15FN2O. The number of hydrogen-bond donors (Lipinski definition) is 0. The lowest BCUT2D eigenvalue weighted by Crippen LogP contribution is -2.06. The first-order valence-corrected chi connectivity index (χ1v) is 6.03. The first kappa shape index (κ1) is 12.5. The summed E-state index contributed by atoms with van der Waals surface area (Å²) in [6.07, 6.45) is 2.13. The molecule has 0 aliphatic heterocycles. The average molecular weight is 246 g/mol. The number of benzene rings is 1. The Hall–Kier alpha value is -1.97. The average Bonchev–Trinajstić information content (AvgIpc) is 2.81. The monoisotopic (exact) mass is 246 g/mol. The van der Waals surface area contributed by atoms with Gasteiger partial charge in [-0.2, -0.15) is 5.10 Å². The van der Waals surface area contributed by atoms with Crippen LogP contribution in [0, 0.1) is 5.82 Å². The first-order valence-electron chi connectivity index (χ1n) is 6.03. The lowest BCUT2D eigenvalue weighted by Gasteiger charge is -2.08. The van der Waals surface area contributed by atoms with Gasteiger partial charge in [-0.15, -0.1) is 0 Å². The summed E-state index contributed by atoms with van der Waals surface area (Å²) >= 11 is 0. The van der Waals surface area contributed by atoms with Gasteiger partial charge >= 0.3 is 0 Å². The molecular weight excluding hydrogens is 231 g/mol. The number of halogens is 1. The van der Waals surface area contributed by atoms with Gasteiger partial charge in [-0.1, -0.05) is 19.9 Å². The molecule has 4 heteroatoms. The summed E-state index contributed by atoms with van der Waals surface area (Å²) in [6, 6.07) is 6.56. The molecule has 1 aromatic heterocycles. The Bertz CT molecular complexity index is 575. The van der Waals surface area contributed by atoms with Crippen molar-refractivity contribution in [2.75, 3.05) is 0 Å². The van der Waals surface area contributed by atoms with E-state index < -0.39 is 5.82 Å². The van der Waals surface area contributed by atoms with E-state index in [0.29, 0.717) is 12.0 Å². The van der Waals surface area contributed by atoms with Crippen molar-refractivity contribution in [3.8, 4) is 5.69 Å². The zero-order valence-corrected chi connectivity index (χ0v) is 10.5. The number of rotatable bonds is 4. The first-order chi connectivity index (χ1) is 8.71. The molecule has 2 aromatic rings. The molecule has 0 spiro atoms. The second-order valence-electron chi connectivity index (χ2n) is 4.04. The van der Waals surface area contributed by atoms with Crippen LogP contribution in [0.1, 0.15) is 35.6 Å². The van der Waals surface area contributed by atoms with Crippen molar-refractivity contribution in [1.29, 1.82) is 0 Å². The summed E-state index contributed by atoms with van der Waals surface area (Å²) < 4.78 is 15.2. The smallest absolute Gasteiger partial charge is 0.155 e. The molecule has 94 valence electrons. The third-order valence-corrected chi connectivity index (χ3v) is 2.93. The predicted octanol–water partition coefficient (Wildman–Crippen LogP) is 2.95. The number of carbonyl (C=O) groups excluding carboxylic acids is 1. The van der Waals surface area contributed by atoms with Crippen LogP contribution < -0.4 is 0 Å². The molecule has 0 unspecified atom stereocenters. The molecule has 0 amide bonds. The quantitative estimate of drug-likeness (QED) is 0.777. The highest BCUT2D eigenvalue weighted by Crippen LogP contribution is 2.19. The Morgan fingerprint density at radius 3 is 2.72 bits per heavy atom. The Kier molecular flexibility index (Phi) is 3.55. The zero-order chi connectivity index (χ0) is 13.1. The van der Waals surface area contributed by atoms with Gasteiger partial charge in [0.25, 0.3) is 0 Å². The normalized spacial score (nSPS) is 10.6. The molecule has 2 rings (SSSR count). The van der Waals surface area contributed by atoms with E-state index >= 15 is 0 Å². The van der Waals surface area contributed by atoms with Crippen molar-refractivity contribution in [2.45, 2.75) is 26.7 Å². The number of aryl methyl sites for hydroxylation is 2. The van der Waals surface area contributed by atoms with Crippen LogP contribution in [0.5, 0.6) is 0 Å². The standard InChI is InChI=1S/C14H15FN2O/c1-3-10-8-11(4-2)17(16-10)14-7-5-6-13(15)12(14)9-18/h5-9H,3-4H2,1-2H3. The summed E-state index contributed by atoms with van der Waals surface area (Å²) in [7, 11) is 0. The second kappa shape index (κ2) is 5.12. The van der Waals surface area contributed by atoms with Gasteiger partial charge in [-0.3, -0.25) is 4.79 Å². The summed E-state index contributed by atoms with van der Waals surface area (Å²) in [6.45, 7) is 4.02. The van der Waals surface area contributed by atoms with Gasteiger partial charge in [0.2, 0.25) is 0 Å². The molecule has 0 N–H and O–H groups in total. The van der Waals surface area contributed by atoms with E-state index in [1.807, 2.05) is 19.9 Å². The third kappa shape index (κ3) is 2.06.